The first-order valence-electron chi connectivity index (χ1n) is 6.53. The Kier molecular flexibility index (Phi) is 3.12. The van der Waals surface area contributed by atoms with E-state index in [1.54, 1.807) is 0 Å². The van der Waals surface area contributed by atoms with Crippen LogP contribution in [-0.2, 0) is 0 Å². The summed E-state index contributed by atoms with van der Waals surface area (Å²) in [7, 11) is 0. The minimum absolute atomic E-state index is 0.0943. The molecule has 0 saturated carbocycles. The van der Waals surface area contributed by atoms with Crippen LogP contribution < -0.4 is 0 Å². The maximum Gasteiger partial charge on any atom is 0.337 e. The van der Waals surface area contributed by atoms with Gasteiger partial charge in [0.1, 0.15) is 0 Å². The maximum atomic E-state index is 11.5. The third-order valence-electron chi connectivity index (χ3n) is 3.84. The molecule has 2 aromatic carbocycles. The number of carbonyl (C=O) groups is 4. The molecule has 3 rings (SSSR count). The van der Waals surface area contributed by atoms with Gasteiger partial charge in [0.2, 0.25) is 0 Å². The van der Waals surface area contributed by atoms with Gasteiger partial charge in [-0.2, -0.15) is 0 Å². The van der Waals surface area contributed by atoms with Gasteiger partial charge in [-0.05, 0) is 22.6 Å². The second-order valence-corrected chi connectivity index (χ2v) is 5.04. The molecule has 8 heteroatoms. The van der Waals surface area contributed by atoms with Crippen LogP contribution in [0.2, 0.25) is 0 Å². The second kappa shape index (κ2) is 4.92. The quantitative estimate of drug-likeness (QED) is 0.561. The highest BCUT2D eigenvalue weighted by atomic mass is 16.4. The molecular weight excluding hydrogens is 320 g/mol. The SMILES string of the molecule is O=C(O)c1ccc2c(c1C(=O)O)=c1ccc(C(=O)O)c(C(=O)O)c1=2. The van der Waals surface area contributed by atoms with E-state index in [4.69, 9.17) is 10.2 Å². The summed E-state index contributed by atoms with van der Waals surface area (Å²) < 4.78 is 0. The molecule has 0 spiro atoms. The normalized spacial score (nSPS) is 11.0. The molecule has 1 aliphatic rings. The highest BCUT2D eigenvalue weighted by Crippen LogP contribution is 2.25. The predicted octanol–water partition coefficient (Wildman–Crippen LogP) is 1.37. The number of hydrogen-bond donors (Lipinski definition) is 4. The van der Waals surface area contributed by atoms with Gasteiger partial charge >= 0.3 is 23.9 Å². The van der Waals surface area contributed by atoms with Crippen molar-refractivity contribution < 1.29 is 39.6 Å². The van der Waals surface area contributed by atoms with E-state index < -0.39 is 46.1 Å². The second-order valence-electron chi connectivity index (χ2n) is 5.04. The summed E-state index contributed by atoms with van der Waals surface area (Å²) >= 11 is 0. The van der Waals surface area contributed by atoms with Crippen molar-refractivity contribution in [3.8, 4) is 0 Å². The number of aromatic carboxylic acids is 4. The minimum atomic E-state index is -1.46. The van der Waals surface area contributed by atoms with Crippen molar-refractivity contribution in [2.75, 3.05) is 0 Å². The fourth-order valence-electron chi connectivity index (χ4n) is 2.92. The number of hydrogen-bond acceptors (Lipinski definition) is 4. The molecule has 0 radical (unpaired) electrons. The average Bonchev–Trinajstić information content (AvgIpc) is 2.49. The van der Waals surface area contributed by atoms with Crippen LogP contribution in [-0.4, -0.2) is 44.3 Å². The fraction of sp³-hybridized carbons (Fsp3) is 0. The molecule has 0 unspecified atom stereocenters. The van der Waals surface area contributed by atoms with E-state index in [9.17, 15) is 29.4 Å². The Hall–Kier alpha value is -3.68. The Bertz CT molecular complexity index is 1040. The lowest BCUT2D eigenvalue weighted by Gasteiger charge is -2.13. The summed E-state index contributed by atoms with van der Waals surface area (Å²) in [5.74, 6) is -5.78. The Morgan fingerprint density at radius 2 is 0.875 bits per heavy atom. The van der Waals surface area contributed by atoms with Gasteiger partial charge in [-0.3, -0.25) is 0 Å². The van der Waals surface area contributed by atoms with E-state index in [1.807, 2.05) is 0 Å². The molecule has 0 aromatic heterocycles. The third kappa shape index (κ3) is 1.86. The minimum Gasteiger partial charge on any atom is -0.478 e. The van der Waals surface area contributed by atoms with Gasteiger partial charge in [-0.15, -0.1) is 0 Å². The largest absolute Gasteiger partial charge is 0.478 e. The molecular formula is C16H8O8. The first kappa shape index (κ1) is 15.2. The van der Waals surface area contributed by atoms with E-state index in [0.29, 0.717) is 0 Å². The van der Waals surface area contributed by atoms with Crippen molar-refractivity contribution in [1.82, 2.24) is 0 Å². The molecule has 2 aromatic rings. The van der Waals surface area contributed by atoms with Crippen molar-refractivity contribution in [1.29, 1.82) is 0 Å². The first-order valence-corrected chi connectivity index (χ1v) is 6.53. The molecule has 0 fully saturated rings. The van der Waals surface area contributed by atoms with Crippen molar-refractivity contribution in [2.45, 2.75) is 0 Å². The molecule has 4 N–H and O–H groups in total. The molecule has 0 saturated heterocycles. The van der Waals surface area contributed by atoms with E-state index >= 15 is 0 Å². The van der Waals surface area contributed by atoms with E-state index in [1.165, 1.54) is 12.1 Å². The molecule has 24 heavy (non-hydrogen) atoms. The number of benzene rings is 2. The zero-order chi connectivity index (χ0) is 17.8. The summed E-state index contributed by atoms with van der Waals surface area (Å²) in [5.41, 5.74) is -1.75. The predicted molar refractivity (Wildman–Crippen MR) is 76.1 cm³/mol. The van der Waals surface area contributed by atoms with Crippen LogP contribution in [0, 0.1) is 20.9 Å². The molecule has 0 heterocycles. The van der Waals surface area contributed by atoms with Crippen LogP contribution in [0.4, 0.5) is 0 Å². The van der Waals surface area contributed by atoms with E-state index in [2.05, 4.69) is 0 Å². The third-order valence-corrected chi connectivity index (χ3v) is 3.84. The van der Waals surface area contributed by atoms with E-state index in [0.717, 1.165) is 12.1 Å². The number of carboxylic acid groups (broad SMARTS) is 4. The van der Waals surface area contributed by atoms with Gasteiger partial charge in [0, 0.05) is 10.4 Å². The Labute approximate surface area is 131 Å². The van der Waals surface area contributed by atoms with Gasteiger partial charge in [0.05, 0.1) is 22.3 Å². The molecule has 120 valence electrons. The Balaban J connectivity index is 2.59. The lowest BCUT2D eigenvalue weighted by Crippen LogP contribution is -2.16. The summed E-state index contributed by atoms with van der Waals surface area (Å²) in [6.07, 6.45) is 0. The number of fused-ring (bicyclic) bond motifs is 2. The maximum absolute atomic E-state index is 11.5. The topological polar surface area (TPSA) is 149 Å². The summed E-state index contributed by atoms with van der Waals surface area (Å²) in [6, 6.07) is 4.69. The average molecular weight is 328 g/mol. The monoisotopic (exact) mass is 328 g/mol. The van der Waals surface area contributed by atoms with Gasteiger partial charge in [0.15, 0.2) is 0 Å². The highest BCUT2D eigenvalue weighted by Gasteiger charge is 2.25. The van der Waals surface area contributed by atoms with Crippen molar-refractivity contribution in [2.24, 2.45) is 0 Å². The van der Waals surface area contributed by atoms with Crippen LogP contribution in [0.1, 0.15) is 41.4 Å². The fourth-order valence-corrected chi connectivity index (χ4v) is 2.92. The number of carboxylic acids is 4. The summed E-state index contributed by atoms with van der Waals surface area (Å²) in [6.45, 7) is 0. The van der Waals surface area contributed by atoms with Crippen molar-refractivity contribution in [3.05, 3.63) is 67.4 Å². The Morgan fingerprint density at radius 1 is 0.542 bits per heavy atom. The summed E-state index contributed by atoms with van der Waals surface area (Å²) in [5, 5.41) is 37.5. The lowest BCUT2D eigenvalue weighted by atomic mass is 9.89. The van der Waals surface area contributed by atoms with Gasteiger partial charge in [-0.25, -0.2) is 19.2 Å². The van der Waals surface area contributed by atoms with Crippen LogP contribution in [0.15, 0.2) is 24.3 Å². The highest BCUT2D eigenvalue weighted by molar-refractivity contribution is 6.04. The molecule has 0 atom stereocenters. The molecule has 0 bridgehead atoms. The van der Waals surface area contributed by atoms with Crippen molar-refractivity contribution >= 4 is 23.9 Å². The smallest absolute Gasteiger partial charge is 0.337 e. The molecule has 1 aliphatic carbocycles. The molecule has 0 aliphatic heterocycles. The zero-order valence-corrected chi connectivity index (χ0v) is 11.7. The zero-order valence-electron chi connectivity index (χ0n) is 11.7. The molecule has 0 amide bonds. The van der Waals surface area contributed by atoms with E-state index in [-0.39, 0.29) is 20.9 Å². The van der Waals surface area contributed by atoms with Crippen LogP contribution in [0.5, 0.6) is 0 Å². The summed E-state index contributed by atoms with van der Waals surface area (Å²) in [4.78, 5) is 45.3. The standard InChI is InChI=1S/C16H8O8/c17-13(18)7-3-1-5-9(11(7)15(21)22)6-2-4-8(14(19)20)12(10(5)6)16(23)24/h1-4H,(H,17,18)(H,19,20)(H,21,22)(H,23,24). The van der Waals surface area contributed by atoms with Gasteiger partial charge < -0.3 is 20.4 Å². The lowest BCUT2D eigenvalue weighted by molar-refractivity contribution is 0.0649. The van der Waals surface area contributed by atoms with Crippen LogP contribution in [0.3, 0.4) is 0 Å². The first-order chi connectivity index (χ1) is 11.3. The van der Waals surface area contributed by atoms with Gasteiger partial charge in [0.25, 0.3) is 0 Å². The molecule has 8 nitrogen and oxygen atoms in total. The van der Waals surface area contributed by atoms with Crippen molar-refractivity contribution in [3.63, 3.8) is 0 Å². The number of rotatable bonds is 4. The van der Waals surface area contributed by atoms with Gasteiger partial charge in [-0.1, -0.05) is 12.1 Å². The Morgan fingerprint density at radius 3 is 1.12 bits per heavy atom. The van der Waals surface area contributed by atoms with Crippen LogP contribution in [0.25, 0.3) is 0 Å². The van der Waals surface area contributed by atoms with Crippen LogP contribution >= 0.6 is 0 Å².